The molecule has 2 aliphatic heterocycles. The molecule has 2 N–H and O–H groups in total. The Kier molecular flexibility index (Phi) is 4.54. The van der Waals surface area contributed by atoms with Crippen LogP contribution in [0.25, 0.3) is 0 Å². The van der Waals surface area contributed by atoms with Gasteiger partial charge in [0.25, 0.3) is 0 Å². The second-order valence-electron chi connectivity index (χ2n) is 5.41. The number of likely N-dealkylation sites (tertiary alicyclic amines) is 1. The topological polar surface area (TPSA) is 68.2 Å². The summed E-state index contributed by atoms with van der Waals surface area (Å²) in [7, 11) is 0. The van der Waals surface area contributed by atoms with Gasteiger partial charge in [-0.05, 0) is 18.2 Å². The monoisotopic (exact) mass is 342 g/mol. The van der Waals surface area contributed by atoms with E-state index in [2.05, 4.69) is 10.4 Å². The molecule has 1 aromatic rings. The molecule has 1 aromatic carbocycles. The third-order valence-electron chi connectivity index (χ3n) is 3.59. The Hall–Kier alpha value is -1.34. The standard InChI is InChI=1S/C14H16Cl2N4O2/c15-11-2-1-9(5-12(11)16)20-4-3-13(18-20)17-14(22)8-19-6-10(21)7-19/h1-2,5,10,21H,3-4,6-8H2,(H,17,18,22). The summed E-state index contributed by atoms with van der Waals surface area (Å²) >= 11 is 11.9. The predicted molar refractivity (Wildman–Crippen MR) is 86.4 cm³/mol. The molecule has 22 heavy (non-hydrogen) atoms. The lowest BCUT2D eigenvalue weighted by molar-refractivity contribution is -0.123. The first-order valence-electron chi connectivity index (χ1n) is 7.01. The molecule has 0 bridgehead atoms. The van der Waals surface area contributed by atoms with E-state index >= 15 is 0 Å². The number of hydrazone groups is 1. The molecular weight excluding hydrogens is 327 g/mol. The van der Waals surface area contributed by atoms with Gasteiger partial charge >= 0.3 is 0 Å². The summed E-state index contributed by atoms with van der Waals surface area (Å²) in [6.07, 6.45) is 0.357. The number of amides is 1. The van der Waals surface area contributed by atoms with Gasteiger partial charge < -0.3 is 10.4 Å². The molecule has 0 spiro atoms. The number of nitrogens with zero attached hydrogens (tertiary/aromatic N) is 3. The first-order chi connectivity index (χ1) is 10.5. The number of rotatable bonds is 3. The number of carbonyl (C=O) groups excluding carboxylic acids is 1. The van der Waals surface area contributed by atoms with E-state index in [0.717, 1.165) is 5.69 Å². The molecule has 2 heterocycles. The molecule has 2 aliphatic rings. The number of amidine groups is 1. The fourth-order valence-corrected chi connectivity index (χ4v) is 2.75. The maximum absolute atomic E-state index is 11.9. The van der Waals surface area contributed by atoms with E-state index < -0.39 is 0 Å². The van der Waals surface area contributed by atoms with Crippen molar-refractivity contribution in [3.8, 4) is 0 Å². The van der Waals surface area contributed by atoms with Crippen molar-refractivity contribution in [3.63, 3.8) is 0 Å². The molecule has 0 saturated carbocycles. The Morgan fingerprint density at radius 2 is 2.14 bits per heavy atom. The minimum absolute atomic E-state index is 0.110. The second-order valence-corrected chi connectivity index (χ2v) is 6.23. The Labute approximate surface area is 138 Å². The van der Waals surface area contributed by atoms with Crippen LogP contribution in [0.2, 0.25) is 10.0 Å². The Balaban J connectivity index is 1.57. The van der Waals surface area contributed by atoms with Crippen LogP contribution in [-0.2, 0) is 4.79 Å². The van der Waals surface area contributed by atoms with E-state index in [4.69, 9.17) is 23.2 Å². The van der Waals surface area contributed by atoms with Gasteiger partial charge in [0.2, 0.25) is 5.91 Å². The number of carbonyl (C=O) groups is 1. The van der Waals surface area contributed by atoms with Gasteiger partial charge in [0, 0.05) is 26.1 Å². The van der Waals surface area contributed by atoms with Gasteiger partial charge in [-0.2, -0.15) is 5.10 Å². The maximum Gasteiger partial charge on any atom is 0.239 e. The summed E-state index contributed by atoms with van der Waals surface area (Å²) < 4.78 is 0. The van der Waals surface area contributed by atoms with Gasteiger partial charge in [-0.3, -0.25) is 14.7 Å². The van der Waals surface area contributed by atoms with E-state index in [-0.39, 0.29) is 18.6 Å². The van der Waals surface area contributed by atoms with Crippen LogP contribution in [0.1, 0.15) is 6.42 Å². The number of benzene rings is 1. The maximum atomic E-state index is 11.9. The van der Waals surface area contributed by atoms with E-state index in [0.29, 0.717) is 41.9 Å². The van der Waals surface area contributed by atoms with Crippen LogP contribution in [-0.4, -0.2) is 54.0 Å². The number of nitrogens with one attached hydrogen (secondary N) is 1. The van der Waals surface area contributed by atoms with Gasteiger partial charge in [0.1, 0.15) is 5.84 Å². The number of hydrogen-bond acceptors (Lipinski definition) is 5. The second kappa shape index (κ2) is 6.42. The van der Waals surface area contributed by atoms with Crippen LogP contribution >= 0.6 is 23.2 Å². The zero-order chi connectivity index (χ0) is 15.7. The summed E-state index contributed by atoms with van der Waals surface area (Å²) in [5.74, 6) is 0.527. The SMILES string of the molecule is O=C(CN1CC(O)C1)NC1=NN(c2ccc(Cl)c(Cl)c2)CC1. The molecule has 0 unspecified atom stereocenters. The van der Waals surface area contributed by atoms with E-state index in [1.807, 2.05) is 11.0 Å². The highest BCUT2D eigenvalue weighted by Crippen LogP contribution is 2.28. The highest BCUT2D eigenvalue weighted by Gasteiger charge is 2.26. The number of β-amino-alcohol motifs (C(OH)–C–C–N with tert-alkyl or cyclic N) is 1. The van der Waals surface area contributed by atoms with E-state index in [1.54, 1.807) is 17.1 Å². The van der Waals surface area contributed by atoms with Crippen LogP contribution in [0.3, 0.4) is 0 Å². The van der Waals surface area contributed by atoms with Gasteiger partial charge in [-0.15, -0.1) is 0 Å². The number of halogens is 2. The van der Waals surface area contributed by atoms with Crippen molar-refractivity contribution < 1.29 is 9.90 Å². The lowest BCUT2D eigenvalue weighted by Gasteiger charge is -2.34. The van der Waals surface area contributed by atoms with Crippen LogP contribution < -0.4 is 10.3 Å². The third-order valence-corrected chi connectivity index (χ3v) is 4.33. The predicted octanol–water partition coefficient (Wildman–Crippen LogP) is 1.31. The van der Waals surface area contributed by atoms with Crippen molar-refractivity contribution in [1.82, 2.24) is 10.2 Å². The minimum atomic E-state index is -0.304. The summed E-state index contributed by atoms with van der Waals surface area (Å²) in [4.78, 5) is 13.8. The molecule has 0 aromatic heterocycles. The van der Waals surface area contributed by atoms with Crippen molar-refractivity contribution in [2.45, 2.75) is 12.5 Å². The average Bonchev–Trinajstić information content (AvgIpc) is 2.88. The number of hydrogen-bond donors (Lipinski definition) is 2. The highest BCUT2D eigenvalue weighted by atomic mass is 35.5. The molecule has 1 amide bonds. The summed E-state index contributed by atoms with van der Waals surface area (Å²) in [6, 6.07) is 5.31. The first-order valence-corrected chi connectivity index (χ1v) is 7.77. The van der Waals surface area contributed by atoms with Crippen LogP contribution in [0.5, 0.6) is 0 Å². The van der Waals surface area contributed by atoms with Gasteiger partial charge in [0.15, 0.2) is 0 Å². The first kappa shape index (κ1) is 15.6. The van der Waals surface area contributed by atoms with Crippen molar-refractivity contribution in [2.75, 3.05) is 31.2 Å². The van der Waals surface area contributed by atoms with Crippen molar-refractivity contribution in [3.05, 3.63) is 28.2 Å². The van der Waals surface area contributed by atoms with Crippen LogP contribution in [0, 0.1) is 0 Å². The Bertz CT molecular complexity index is 617. The molecule has 0 aliphatic carbocycles. The van der Waals surface area contributed by atoms with Gasteiger partial charge in [-0.25, -0.2) is 0 Å². The molecule has 0 atom stereocenters. The summed E-state index contributed by atoms with van der Waals surface area (Å²) in [5.41, 5.74) is 0.838. The van der Waals surface area contributed by atoms with E-state index in [9.17, 15) is 9.90 Å². The minimum Gasteiger partial charge on any atom is -0.390 e. The number of aliphatic hydroxyl groups excluding tert-OH is 1. The van der Waals surface area contributed by atoms with Crippen LogP contribution in [0.4, 0.5) is 5.69 Å². The quantitative estimate of drug-likeness (QED) is 0.868. The lowest BCUT2D eigenvalue weighted by Crippen LogP contribution is -2.54. The van der Waals surface area contributed by atoms with Crippen molar-refractivity contribution in [1.29, 1.82) is 0 Å². The third kappa shape index (κ3) is 3.52. The lowest BCUT2D eigenvalue weighted by atomic mass is 10.2. The fourth-order valence-electron chi connectivity index (χ4n) is 2.45. The molecule has 0 radical (unpaired) electrons. The number of aliphatic hydroxyl groups is 1. The zero-order valence-electron chi connectivity index (χ0n) is 11.8. The molecule has 1 fully saturated rings. The highest BCUT2D eigenvalue weighted by molar-refractivity contribution is 6.42. The van der Waals surface area contributed by atoms with Gasteiger partial charge in [-0.1, -0.05) is 23.2 Å². The largest absolute Gasteiger partial charge is 0.390 e. The average molecular weight is 343 g/mol. The summed E-state index contributed by atoms with van der Waals surface area (Å²) in [5, 5.41) is 19.1. The molecule has 3 rings (SSSR count). The molecule has 118 valence electrons. The molecular formula is C14H16Cl2N4O2. The summed E-state index contributed by atoms with van der Waals surface area (Å²) in [6.45, 7) is 2.06. The molecule has 1 saturated heterocycles. The fraction of sp³-hybridized carbons (Fsp3) is 0.429. The number of anilines is 1. The van der Waals surface area contributed by atoms with Crippen molar-refractivity contribution >= 4 is 40.6 Å². The molecule has 8 heteroatoms. The Morgan fingerprint density at radius 1 is 1.36 bits per heavy atom. The van der Waals surface area contributed by atoms with E-state index in [1.165, 1.54) is 0 Å². The smallest absolute Gasteiger partial charge is 0.239 e. The van der Waals surface area contributed by atoms with Crippen molar-refractivity contribution in [2.24, 2.45) is 5.10 Å². The Morgan fingerprint density at radius 3 is 2.82 bits per heavy atom. The van der Waals surface area contributed by atoms with Crippen LogP contribution in [0.15, 0.2) is 23.3 Å². The van der Waals surface area contributed by atoms with Gasteiger partial charge in [0.05, 0.1) is 28.4 Å². The zero-order valence-corrected chi connectivity index (χ0v) is 13.3. The normalized spacial score (nSPS) is 19.0. The molecule has 6 nitrogen and oxygen atoms in total.